The highest BCUT2D eigenvalue weighted by molar-refractivity contribution is 5.95. The van der Waals surface area contributed by atoms with E-state index in [9.17, 15) is 14.9 Å². The number of nitro groups is 1. The number of hydrogen-bond acceptors (Lipinski definition) is 5. The second-order valence-corrected chi connectivity index (χ2v) is 4.98. The molecule has 2 rings (SSSR count). The number of likely N-dealkylation sites (tertiary alicyclic amines) is 1. The largest absolute Gasteiger partial charge is 0.393 e. The summed E-state index contributed by atoms with van der Waals surface area (Å²) in [6.45, 7) is 3.82. The average Bonchev–Trinajstić information content (AvgIpc) is 2.48. The Kier molecular flexibility index (Phi) is 4.74. The van der Waals surface area contributed by atoms with Crippen molar-refractivity contribution in [3.63, 3.8) is 0 Å². The SMILES string of the molecule is CCOC1CCN(C(=O)c2ccc(N)c([N+](=O)[O-])c2)CC1. The van der Waals surface area contributed by atoms with Gasteiger partial charge in [0, 0.05) is 31.3 Å². The van der Waals surface area contributed by atoms with Crippen molar-refractivity contribution >= 4 is 17.3 Å². The Bertz CT molecular complexity index is 539. The van der Waals surface area contributed by atoms with Crippen LogP contribution in [-0.2, 0) is 4.74 Å². The molecule has 0 aliphatic carbocycles. The van der Waals surface area contributed by atoms with Crippen molar-refractivity contribution in [3.8, 4) is 0 Å². The van der Waals surface area contributed by atoms with Crippen LogP contribution in [0.4, 0.5) is 11.4 Å². The molecular weight excluding hydrogens is 274 g/mol. The Hall–Kier alpha value is -2.15. The van der Waals surface area contributed by atoms with Crippen LogP contribution in [0.1, 0.15) is 30.1 Å². The summed E-state index contributed by atoms with van der Waals surface area (Å²) < 4.78 is 5.54. The molecule has 1 aromatic carbocycles. The molecule has 0 bridgehead atoms. The van der Waals surface area contributed by atoms with Crippen LogP contribution in [0.2, 0.25) is 0 Å². The molecule has 7 nitrogen and oxygen atoms in total. The van der Waals surface area contributed by atoms with Crippen molar-refractivity contribution in [2.75, 3.05) is 25.4 Å². The van der Waals surface area contributed by atoms with Crippen LogP contribution < -0.4 is 5.73 Å². The van der Waals surface area contributed by atoms with Crippen molar-refractivity contribution in [1.82, 2.24) is 4.90 Å². The van der Waals surface area contributed by atoms with Gasteiger partial charge in [-0.15, -0.1) is 0 Å². The number of amides is 1. The maximum atomic E-state index is 12.4. The highest BCUT2D eigenvalue weighted by Gasteiger charge is 2.25. The molecule has 0 unspecified atom stereocenters. The number of nitro benzene ring substituents is 1. The van der Waals surface area contributed by atoms with E-state index < -0.39 is 4.92 Å². The van der Waals surface area contributed by atoms with E-state index in [1.54, 1.807) is 4.90 Å². The molecule has 0 aromatic heterocycles. The van der Waals surface area contributed by atoms with Gasteiger partial charge in [-0.1, -0.05) is 0 Å². The first-order valence-electron chi connectivity index (χ1n) is 6.97. The lowest BCUT2D eigenvalue weighted by Crippen LogP contribution is -2.40. The number of ether oxygens (including phenoxy) is 1. The number of benzene rings is 1. The molecule has 1 aromatic rings. The van der Waals surface area contributed by atoms with Crippen LogP contribution in [0.5, 0.6) is 0 Å². The van der Waals surface area contributed by atoms with Gasteiger partial charge in [0.15, 0.2) is 0 Å². The molecule has 1 aliphatic rings. The molecule has 1 amide bonds. The number of nitrogens with two attached hydrogens (primary N) is 1. The zero-order valence-electron chi connectivity index (χ0n) is 11.9. The molecule has 114 valence electrons. The molecule has 0 radical (unpaired) electrons. The summed E-state index contributed by atoms with van der Waals surface area (Å²) in [5, 5.41) is 10.9. The number of nitrogen functional groups attached to an aromatic ring is 1. The summed E-state index contributed by atoms with van der Waals surface area (Å²) in [6.07, 6.45) is 1.77. The lowest BCUT2D eigenvalue weighted by molar-refractivity contribution is -0.383. The van der Waals surface area contributed by atoms with Crippen LogP contribution in [0.25, 0.3) is 0 Å². The average molecular weight is 293 g/mol. The first kappa shape index (κ1) is 15.2. The van der Waals surface area contributed by atoms with Crippen LogP contribution in [0.3, 0.4) is 0 Å². The first-order chi connectivity index (χ1) is 10.0. The van der Waals surface area contributed by atoms with Gasteiger partial charge in [-0.3, -0.25) is 14.9 Å². The second-order valence-electron chi connectivity index (χ2n) is 4.98. The summed E-state index contributed by atoms with van der Waals surface area (Å²) in [5.41, 5.74) is 5.66. The maximum absolute atomic E-state index is 12.4. The summed E-state index contributed by atoms with van der Waals surface area (Å²) in [4.78, 5) is 24.4. The number of hydrogen-bond donors (Lipinski definition) is 1. The molecule has 0 atom stereocenters. The van der Waals surface area contributed by atoms with Gasteiger partial charge >= 0.3 is 0 Å². The third-order valence-electron chi connectivity index (χ3n) is 3.61. The third-order valence-corrected chi connectivity index (χ3v) is 3.61. The number of anilines is 1. The molecule has 7 heteroatoms. The fourth-order valence-electron chi connectivity index (χ4n) is 2.48. The van der Waals surface area contributed by atoms with Gasteiger partial charge < -0.3 is 15.4 Å². The van der Waals surface area contributed by atoms with Gasteiger partial charge in [0.2, 0.25) is 0 Å². The molecular formula is C14H19N3O4. The Morgan fingerprint density at radius 1 is 1.48 bits per heavy atom. The quantitative estimate of drug-likeness (QED) is 0.518. The molecule has 1 heterocycles. The van der Waals surface area contributed by atoms with E-state index in [-0.39, 0.29) is 23.4 Å². The van der Waals surface area contributed by atoms with Gasteiger partial charge in [-0.25, -0.2) is 0 Å². The van der Waals surface area contributed by atoms with E-state index in [1.807, 2.05) is 6.92 Å². The van der Waals surface area contributed by atoms with Crippen molar-refractivity contribution in [3.05, 3.63) is 33.9 Å². The van der Waals surface area contributed by atoms with E-state index in [4.69, 9.17) is 10.5 Å². The van der Waals surface area contributed by atoms with Gasteiger partial charge in [0.05, 0.1) is 11.0 Å². The van der Waals surface area contributed by atoms with E-state index in [2.05, 4.69) is 0 Å². The molecule has 1 aliphatic heterocycles. The maximum Gasteiger partial charge on any atom is 0.292 e. The summed E-state index contributed by atoms with van der Waals surface area (Å²) in [5.74, 6) is -0.201. The van der Waals surface area contributed by atoms with Crippen molar-refractivity contribution in [2.45, 2.75) is 25.9 Å². The van der Waals surface area contributed by atoms with Crippen molar-refractivity contribution < 1.29 is 14.5 Å². The van der Waals surface area contributed by atoms with Crippen molar-refractivity contribution in [1.29, 1.82) is 0 Å². The zero-order valence-corrected chi connectivity index (χ0v) is 11.9. The minimum atomic E-state index is -0.576. The first-order valence-corrected chi connectivity index (χ1v) is 6.97. The Morgan fingerprint density at radius 3 is 2.71 bits per heavy atom. The smallest absolute Gasteiger partial charge is 0.292 e. The Morgan fingerprint density at radius 2 is 2.14 bits per heavy atom. The number of nitrogens with zero attached hydrogens (tertiary/aromatic N) is 2. The van der Waals surface area contributed by atoms with Crippen LogP contribution in [0, 0.1) is 10.1 Å². The Balaban J connectivity index is 2.07. The highest BCUT2D eigenvalue weighted by Crippen LogP contribution is 2.24. The van der Waals surface area contributed by atoms with Gasteiger partial charge in [0.25, 0.3) is 11.6 Å². The van der Waals surface area contributed by atoms with E-state index in [0.29, 0.717) is 25.3 Å². The van der Waals surface area contributed by atoms with Crippen LogP contribution in [0.15, 0.2) is 18.2 Å². The van der Waals surface area contributed by atoms with Gasteiger partial charge in [0.1, 0.15) is 5.69 Å². The number of carbonyl (C=O) groups excluding carboxylic acids is 1. The van der Waals surface area contributed by atoms with Crippen LogP contribution in [-0.4, -0.2) is 41.5 Å². The lowest BCUT2D eigenvalue weighted by atomic mass is 10.1. The predicted molar refractivity (Wildman–Crippen MR) is 78.1 cm³/mol. The predicted octanol–water partition coefficient (Wildman–Crippen LogP) is 1.82. The summed E-state index contributed by atoms with van der Waals surface area (Å²) in [7, 11) is 0. The normalized spacial score (nSPS) is 16.0. The lowest BCUT2D eigenvalue weighted by Gasteiger charge is -2.31. The minimum Gasteiger partial charge on any atom is -0.393 e. The number of carbonyl (C=O) groups is 1. The number of rotatable bonds is 4. The summed E-state index contributed by atoms with van der Waals surface area (Å²) >= 11 is 0. The molecule has 0 spiro atoms. The molecule has 1 saturated heterocycles. The zero-order chi connectivity index (χ0) is 15.4. The topological polar surface area (TPSA) is 98.7 Å². The molecule has 1 fully saturated rings. The monoisotopic (exact) mass is 293 g/mol. The van der Waals surface area contributed by atoms with E-state index in [1.165, 1.54) is 18.2 Å². The van der Waals surface area contributed by atoms with Gasteiger partial charge in [-0.05, 0) is 31.9 Å². The number of piperidine rings is 1. The molecule has 0 saturated carbocycles. The molecule has 2 N–H and O–H groups in total. The van der Waals surface area contributed by atoms with Crippen LogP contribution >= 0.6 is 0 Å². The Labute approximate surface area is 122 Å². The van der Waals surface area contributed by atoms with E-state index in [0.717, 1.165) is 12.8 Å². The second kappa shape index (κ2) is 6.53. The summed E-state index contributed by atoms with van der Waals surface area (Å²) in [6, 6.07) is 4.17. The highest BCUT2D eigenvalue weighted by atomic mass is 16.6. The minimum absolute atomic E-state index is 0.0617. The fraction of sp³-hybridized carbons (Fsp3) is 0.500. The third kappa shape index (κ3) is 3.49. The van der Waals surface area contributed by atoms with E-state index >= 15 is 0 Å². The standard InChI is InChI=1S/C14H19N3O4/c1-2-21-11-5-7-16(8-6-11)14(18)10-3-4-12(15)13(9-10)17(19)20/h3-4,9,11H,2,5-8,15H2,1H3. The molecule has 21 heavy (non-hydrogen) atoms. The van der Waals surface area contributed by atoms with Gasteiger partial charge in [-0.2, -0.15) is 0 Å². The van der Waals surface area contributed by atoms with Crippen molar-refractivity contribution in [2.24, 2.45) is 0 Å². The fourth-order valence-corrected chi connectivity index (χ4v) is 2.48.